The fraction of sp³-hybridized carbons (Fsp3) is 0.350. The molecule has 0 radical (unpaired) electrons. The van der Waals surface area contributed by atoms with Gasteiger partial charge in [0, 0.05) is 45.5 Å². The lowest BCUT2D eigenvalue weighted by molar-refractivity contribution is -0.137. The van der Waals surface area contributed by atoms with E-state index in [9.17, 15) is 9.59 Å². The number of carbonyl (C=O) groups is 2. The second-order valence-corrected chi connectivity index (χ2v) is 6.66. The average molecular weight is 337 g/mol. The van der Waals surface area contributed by atoms with E-state index in [0.717, 1.165) is 16.7 Å². The third-order valence-corrected chi connectivity index (χ3v) is 4.72. The first kappa shape index (κ1) is 17.1. The predicted molar refractivity (Wildman–Crippen MR) is 95.4 cm³/mol. The maximum Gasteiger partial charge on any atom is 0.228 e. The highest BCUT2D eigenvalue weighted by Crippen LogP contribution is 2.22. The minimum Gasteiger partial charge on any atom is -0.345 e. The van der Waals surface area contributed by atoms with Crippen molar-refractivity contribution < 1.29 is 9.59 Å². The lowest BCUT2D eigenvalue weighted by Crippen LogP contribution is -2.36. The SMILES string of the molecule is Cc1ccccc1CN(Cc1cccnc1)C(=O)C1CC(=O)N(C)C1. The van der Waals surface area contributed by atoms with Crippen molar-refractivity contribution in [2.75, 3.05) is 13.6 Å². The Morgan fingerprint density at radius 3 is 2.68 bits per heavy atom. The molecule has 2 heterocycles. The van der Waals surface area contributed by atoms with E-state index in [4.69, 9.17) is 0 Å². The van der Waals surface area contributed by atoms with Crippen molar-refractivity contribution >= 4 is 11.8 Å². The minimum atomic E-state index is -0.266. The van der Waals surface area contributed by atoms with Gasteiger partial charge in [0.25, 0.3) is 0 Å². The number of hydrogen-bond donors (Lipinski definition) is 0. The molecule has 1 aromatic heterocycles. The van der Waals surface area contributed by atoms with Gasteiger partial charge < -0.3 is 9.80 Å². The van der Waals surface area contributed by atoms with Crippen LogP contribution in [0.3, 0.4) is 0 Å². The quantitative estimate of drug-likeness (QED) is 0.842. The lowest BCUT2D eigenvalue weighted by atomic mass is 10.0. The molecule has 1 fully saturated rings. The Morgan fingerprint density at radius 2 is 2.04 bits per heavy atom. The highest BCUT2D eigenvalue weighted by atomic mass is 16.2. The van der Waals surface area contributed by atoms with Crippen LogP contribution in [0, 0.1) is 12.8 Å². The van der Waals surface area contributed by atoms with Gasteiger partial charge in [0.05, 0.1) is 5.92 Å². The fourth-order valence-corrected chi connectivity index (χ4v) is 3.20. The Bertz CT molecular complexity index is 761. The number of aryl methyl sites for hydroxylation is 1. The van der Waals surface area contributed by atoms with E-state index in [1.807, 2.05) is 35.2 Å². The molecule has 1 aromatic carbocycles. The molecular weight excluding hydrogens is 314 g/mol. The van der Waals surface area contributed by atoms with E-state index in [1.165, 1.54) is 0 Å². The summed E-state index contributed by atoms with van der Waals surface area (Å²) in [5.41, 5.74) is 3.27. The van der Waals surface area contributed by atoms with Crippen molar-refractivity contribution in [3.05, 3.63) is 65.5 Å². The third-order valence-electron chi connectivity index (χ3n) is 4.72. The molecular formula is C20H23N3O2. The van der Waals surface area contributed by atoms with Crippen molar-refractivity contribution in [2.45, 2.75) is 26.4 Å². The monoisotopic (exact) mass is 337 g/mol. The van der Waals surface area contributed by atoms with Crippen LogP contribution >= 0.6 is 0 Å². The van der Waals surface area contributed by atoms with Crippen molar-refractivity contribution in [1.82, 2.24) is 14.8 Å². The van der Waals surface area contributed by atoms with Crippen molar-refractivity contribution in [2.24, 2.45) is 5.92 Å². The predicted octanol–water partition coefficient (Wildman–Crippen LogP) is 2.40. The molecule has 1 unspecified atom stereocenters. The molecule has 2 aromatic rings. The second kappa shape index (κ2) is 7.47. The first-order valence-electron chi connectivity index (χ1n) is 8.50. The molecule has 0 aliphatic carbocycles. The highest BCUT2D eigenvalue weighted by Gasteiger charge is 2.34. The van der Waals surface area contributed by atoms with Gasteiger partial charge in [-0.2, -0.15) is 0 Å². The van der Waals surface area contributed by atoms with E-state index < -0.39 is 0 Å². The number of nitrogens with zero attached hydrogens (tertiary/aromatic N) is 3. The zero-order valence-corrected chi connectivity index (χ0v) is 14.7. The molecule has 2 amide bonds. The lowest BCUT2D eigenvalue weighted by Gasteiger charge is -2.26. The molecule has 5 heteroatoms. The van der Waals surface area contributed by atoms with E-state index in [2.05, 4.69) is 18.0 Å². The van der Waals surface area contributed by atoms with Crippen LogP contribution in [0.1, 0.15) is 23.1 Å². The maximum atomic E-state index is 13.1. The van der Waals surface area contributed by atoms with Gasteiger partial charge in [-0.15, -0.1) is 0 Å². The van der Waals surface area contributed by atoms with Gasteiger partial charge in [0.15, 0.2) is 0 Å². The molecule has 0 spiro atoms. The van der Waals surface area contributed by atoms with Crippen LogP contribution in [0.5, 0.6) is 0 Å². The molecule has 130 valence electrons. The van der Waals surface area contributed by atoms with Gasteiger partial charge in [-0.05, 0) is 29.7 Å². The number of benzene rings is 1. The molecule has 5 nitrogen and oxygen atoms in total. The van der Waals surface area contributed by atoms with E-state index in [-0.39, 0.29) is 17.7 Å². The zero-order valence-electron chi connectivity index (χ0n) is 14.7. The smallest absolute Gasteiger partial charge is 0.228 e. The second-order valence-electron chi connectivity index (χ2n) is 6.66. The molecule has 0 bridgehead atoms. The van der Waals surface area contributed by atoms with Gasteiger partial charge in [-0.1, -0.05) is 30.3 Å². The minimum absolute atomic E-state index is 0.0322. The molecule has 1 atom stereocenters. The summed E-state index contributed by atoms with van der Waals surface area (Å²) < 4.78 is 0. The summed E-state index contributed by atoms with van der Waals surface area (Å²) in [4.78, 5) is 32.5. The van der Waals surface area contributed by atoms with Crippen molar-refractivity contribution in [3.8, 4) is 0 Å². The Kier molecular flexibility index (Phi) is 5.12. The van der Waals surface area contributed by atoms with Crippen LogP contribution in [0.15, 0.2) is 48.8 Å². The Hall–Kier alpha value is -2.69. The van der Waals surface area contributed by atoms with Crippen LogP contribution in [0.2, 0.25) is 0 Å². The normalized spacial score (nSPS) is 17.0. The topological polar surface area (TPSA) is 53.5 Å². The first-order valence-corrected chi connectivity index (χ1v) is 8.50. The summed E-state index contributed by atoms with van der Waals surface area (Å²) in [6.45, 7) is 3.58. The molecule has 0 saturated carbocycles. The Morgan fingerprint density at radius 1 is 1.24 bits per heavy atom. The number of hydrogen-bond acceptors (Lipinski definition) is 3. The average Bonchev–Trinajstić information content (AvgIpc) is 2.95. The largest absolute Gasteiger partial charge is 0.345 e. The molecule has 3 rings (SSSR count). The summed E-state index contributed by atoms with van der Waals surface area (Å²) in [6, 6.07) is 11.9. The van der Waals surface area contributed by atoms with E-state index in [1.54, 1.807) is 24.3 Å². The van der Waals surface area contributed by atoms with Crippen molar-refractivity contribution in [3.63, 3.8) is 0 Å². The van der Waals surface area contributed by atoms with Crippen LogP contribution in [0.4, 0.5) is 0 Å². The van der Waals surface area contributed by atoms with E-state index in [0.29, 0.717) is 26.1 Å². The zero-order chi connectivity index (χ0) is 17.8. The van der Waals surface area contributed by atoms with Crippen molar-refractivity contribution in [1.29, 1.82) is 0 Å². The number of aromatic nitrogens is 1. The molecule has 1 saturated heterocycles. The summed E-state index contributed by atoms with van der Waals surface area (Å²) >= 11 is 0. The number of carbonyl (C=O) groups excluding carboxylic acids is 2. The van der Waals surface area contributed by atoms with Gasteiger partial charge >= 0.3 is 0 Å². The first-order chi connectivity index (χ1) is 12.0. The molecule has 1 aliphatic heterocycles. The molecule has 0 N–H and O–H groups in total. The van der Waals surface area contributed by atoms with Crippen LogP contribution in [0.25, 0.3) is 0 Å². The number of rotatable bonds is 5. The van der Waals surface area contributed by atoms with Crippen LogP contribution < -0.4 is 0 Å². The van der Waals surface area contributed by atoms with Crippen LogP contribution in [-0.2, 0) is 22.7 Å². The summed E-state index contributed by atoms with van der Waals surface area (Å²) in [7, 11) is 1.75. The maximum absolute atomic E-state index is 13.1. The molecule has 1 aliphatic rings. The van der Waals surface area contributed by atoms with Gasteiger partial charge in [-0.25, -0.2) is 0 Å². The fourth-order valence-electron chi connectivity index (χ4n) is 3.20. The van der Waals surface area contributed by atoms with Gasteiger partial charge in [0.1, 0.15) is 0 Å². The number of pyridine rings is 1. The number of likely N-dealkylation sites (tertiary alicyclic amines) is 1. The highest BCUT2D eigenvalue weighted by molar-refractivity contribution is 5.89. The Balaban J connectivity index is 1.82. The molecule has 25 heavy (non-hydrogen) atoms. The Labute approximate surface area is 148 Å². The third kappa shape index (κ3) is 4.05. The summed E-state index contributed by atoms with van der Waals surface area (Å²) in [5, 5.41) is 0. The van der Waals surface area contributed by atoms with Gasteiger partial charge in [0.2, 0.25) is 11.8 Å². The number of amides is 2. The van der Waals surface area contributed by atoms with Gasteiger partial charge in [-0.3, -0.25) is 14.6 Å². The van der Waals surface area contributed by atoms with E-state index >= 15 is 0 Å². The van der Waals surface area contributed by atoms with Crippen LogP contribution in [-0.4, -0.2) is 40.2 Å². The summed E-state index contributed by atoms with van der Waals surface area (Å²) in [5.74, 6) is -0.196. The summed E-state index contributed by atoms with van der Waals surface area (Å²) in [6.07, 6.45) is 3.80. The standard InChI is InChI=1S/C20H23N3O2/c1-15-6-3-4-8-17(15)14-23(12-16-7-5-9-21-11-16)20(25)18-10-19(24)22(2)13-18/h3-9,11,18H,10,12-14H2,1-2H3.